The van der Waals surface area contributed by atoms with Gasteiger partial charge in [0.1, 0.15) is 0 Å². The van der Waals surface area contributed by atoms with Crippen molar-refractivity contribution in [2.45, 2.75) is 104 Å². The molecule has 4 fully saturated rings. The number of aliphatic hydroxyl groups excluding tert-OH is 3. The number of aliphatic hydroxyl groups is 3. The molecule has 0 radical (unpaired) electrons. The third-order valence-electron chi connectivity index (χ3n) is 11.0. The van der Waals surface area contributed by atoms with Gasteiger partial charge in [-0.3, -0.25) is 0 Å². The lowest BCUT2D eigenvalue weighted by molar-refractivity contribution is -0.203. The molecule has 3 unspecified atom stereocenters. The Morgan fingerprint density at radius 2 is 1.62 bits per heavy atom. The fraction of sp³-hybridized carbons (Fsp3) is 1.00. The van der Waals surface area contributed by atoms with Gasteiger partial charge in [0.15, 0.2) is 0 Å². The second kappa shape index (κ2) is 8.10. The Morgan fingerprint density at radius 3 is 2.31 bits per heavy atom. The van der Waals surface area contributed by atoms with Crippen LogP contribution in [-0.2, 0) is 0 Å². The minimum absolute atomic E-state index is 0.164. The molecule has 3 N–H and O–H groups in total. The fourth-order valence-electron chi connectivity index (χ4n) is 9.55. The first-order valence-corrected chi connectivity index (χ1v) is 12.7. The Kier molecular flexibility index (Phi) is 6.17. The zero-order chi connectivity index (χ0) is 21.0. The van der Waals surface area contributed by atoms with E-state index in [1.54, 1.807) is 0 Å². The van der Waals surface area contributed by atoms with Crippen molar-refractivity contribution in [1.82, 2.24) is 0 Å². The van der Waals surface area contributed by atoms with E-state index in [9.17, 15) is 15.3 Å². The van der Waals surface area contributed by atoms with Crippen LogP contribution in [0, 0.1) is 52.3 Å². The summed E-state index contributed by atoms with van der Waals surface area (Å²) in [6.07, 6.45) is 10.9. The van der Waals surface area contributed by atoms with E-state index >= 15 is 0 Å². The minimum Gasteiger partial charge on any atom is -0.396 e. The lowest BCUT2D eigenvalue weighted by atomic mass is 9.41. The van der Waals surface area contributed by atoms with Crippen LogP contribution in [0.2, 0.25) is 0 Å². The van der Waals surface area contributed by atoms with E-state index in [-0.39, 0.29) is 12.2 Å². The molecule has 4 aliphatic carbocycles. The minimum atomic E-state index is -0.190. The summed E-state index contributed by atoms with van der Waals surface area (Å²) in [7, 11) is 0. The van der Waals surface area contributed by atoms with Gasteiger partial charge < -0.3 is 15.3 Å². The van der Waals surface area contributed by atoms with Crippen molar-refractivity contribution >= 4 is 0 Å². The van der Waals surface area contributed by atoms with Gasteiger partial charge in [0.05, 0.1) is 12.2 Å². The zero-order valence-electron chi connectivity index (χ0n) is 19.3. The summed E-state index contributed by atoms with van der Waals surface area (Å²) >= 11 is 0. The van der Waals surface area contributed by atoms with Crippen LogP contribution in [0.15, 0.2) is 0 Å². The maximum Gasteiger partial charge on any atom is 0.0605 e. The van der Waals surface area contributed by atoms with Crippen LogP contribution >= 0.6 is 0 Å². The Bertz CT molecular complexity index is 578. The van der Waals surface area contributed by atoms with Crippen LogP contribution in [0.5, 0.6) is 0 Å². The standard InChI is InChI=1S/C26H46O3/c1-5-18-22-15-17(28)10-12-26(22,4)21-11-13-25(3)19(16(2)7-6-14-27)8-9-20(25)23(21)24(18)29/h16-24,27-29H,5-15H2,1-4H3/t16-,17-,18+,19-,20?,21?,22+,23?,24+,25-,26-/m1/s1. The van der Waals surface area contributed by atoms with Gasteiger partial charge in [-0.2, -0.15) is 0 Å². The second-order valence-corrected chi connectivity index (χ2v) is 12.0. The average Bonchev–Trinajstić information content (AvgIpc) is 3.05. The van der Waals surface area contributed by atoms with Crippen molar-refractivity contribution in [3.8, 4) is 0 Å². The molecule has 3 heteroatoms. The van der Waals surface area contributed by atoms with Gasteiger partial charge in [-0.25, -0.2) is 0 Å². The van der Waals surface area contributed by atoms with Gasteiger partial charge in [0.2, 0.25) is 0 Å². The molecule has 29 heavy (non-hydrogen) atoms. The van der Waals surface area contributed by atoms with Gasteiger partial charge in [-0.1, -0.05) is 34.1 Å². The van der Waals surface area contributed by atoms with E-state index in [1.165, 1.54) is 25.7 Å². The Hall–Kier alpha value is -0.120. The molecular weight excluding hydrogens is 360 g/mol. The summed E-state index contributed by atoms with van der Waals surface area (Å²) < 4.78 is 0. The highest BCUT2D eigenvalue weighted by Gasteiger charge is 2.64. The van der Waals surface area contributed by atoms with Gasteiger partial charge in [-0.05, 0) is 110 Å². The van der Waals surface area contributed by atoms with E-state index in [4.69, 9.17) is 0 Å². The van der Waals surface area contributed by atoms with Crippen molar-refractivity contribution in [3.63, 3.8) is 0 Å². The summed E-state index contributed by atoms with van der Waals surface area (Å²) in [6.45, 7) is 10.0. The number of rotatable bonds is 5. The quantitative estimate of drug-likeness (QED) is 0.601. The molecule has 168 valence electrons. The van der Waals surface area contributed by atoms with Crippen molar-refractivity contribution in [2.24, 2.45) is 52.3 Å². The predicted molar refractivity (Wildman–Crippen MR) is 117 cm³/mol. The highest BCUT2D eigenvalue weighted by molar-refractivity contribution is 5.13. The van der Waals surface area contributed by atoms with Crippen molar-refractivity contribution < 1.29 is 15.3 Å². The first-order valence-electron chi connectivity index (χ1n) is 12.7. The average molecular weight is 407 g/mol. The van der Waals surface area contributed by atoms with E-state index in [1.807, 2.05) is 0 Å². The summed E-state index contributed by atoms with van der Waals surface area (Å²) in [5.74, 6) is 3.97. The number of hydrogen-bond donors (Lipinski definition) is 3. The lowest BCUT2D eigenvalue weighted by Crippen LogP contribution is -2.62. The fourth-order valence-corrected chi connectivity index (χ4v) is 9.55. The van der Waals surface area contributed by atoms with Gasteiger partial charge >= 0.3 is 0 Å². The zero-order valence-corrected chi connectivity index (χ0v) is 19.3. The van der Waals surface area contributed by atoms with Gasteiger partial charge in [0, 0.05) is 6.61 Å². The summed E-state index contributed by atoms with van der Waals surface area (Å²) in [5, 5.41) is 31.4. The number of hydrogen-bond acceptors (Lipinski definition) is 3. The third-order valence-corrected chi connectivity index (χ3v) is 11.0. The summed E-state index contributed by atoms with van der Waals surface area (Å²) in [4.78, 5) is 0. The Labute approximate surface area is 178 Å². The summed E-state index contributed by atoms with van der Waals surface area (Å²) in [5.41, 5.74) is 0.651. The molecule has 0 bridgehead atoms. The molecule has 0 aromatic rings. The van der Waals surface area contributed by atoms with Crippen LogP contribution in [0.4, 0.5) is 0 Å². The Balaban J connectivity index is 1.63. The number of fused-ring (bicyclic) bond motifs is 5. The van der Waals surface area contributed by atoms with Crippen LogP contribution in [0.3, 0.4) is 0 Å². The molecule has 0 aromatic heterocycles. The largest absolute Gasteiger partial charge is 0.396 e. The maximum atomic E-state index is 11.7. The third kappa shape index (κ3) is 3.33. The second-order valence-electron chi connectivity index (χ2n) is 12.0. The molecule has 0 aliphatic heterocycles. The molecule has 4 rings (SSSR count). The van der Waals surface area contributed by atoms with Crippen molar-refractivity contribution in [3.05, 3.63) is 0 Å². The molecule has 0 saturated heterocycles. The highest BCUT2D eigenvalue weighted by Crippen LogP contribution is 2.69. The van der Waals surface area contributed by atoms with Crippen molar-refractivity contribution in [1.29, 1.82) is 0 Å². The molecule has 0 heterocycles. The SMILES string of the molecule is CC[C@@H]1[C@H](O)C2C3CC[C@H]([C@H](C)CCCO)[C@@]3(C)CCC2[C@@]2(C)CC[C@@H](O)C[C@@H]12. The normalized spacial score (nSPS) is 53.1. The first kappa shape index (κ1) is 22.1. The van der Waals surface area contributed by atoms with E-state index in [2.05, 4.69) is 27.7 Å². The molecular formula is C26H46O3. The van der Waals surface area contributed by atoms with E-state index in [0.717, 1.165) is 44.4 Å². The van der Waals surface area contributed by atoms with Gasteiger partial charge in [0.25, 0.3) is 0 Å². The van der Waals surface area contributed by atoms with E-state index < -0.39 is 0 Å². The van der Waals surface area contributed by atoms with Crippen molar-refractivity contribution in [2.75, 3.05) is 6.61 Å². The van der Waals surface area contributed by atoms with Gasteiger partial charge in [-0.15, -0.1) is 0 Å². The smallest absolute Gasteiger partial charge is 0.0605 e. The van der Waals surface area contributed by atoms with Crippen LogP contribution in [0.1, 0.15) is 91.9 Å². The summed E-state index contributed by atoms with van der Waals surface area (Å²) in [6, 6.07) is 0. The highest BCUT2D eigenvalue weighted by atomic mass is 16.3. The van der Waals surface area contributed by atoms with Crippen LogP contribution in [0.25, 0.3) is 0 Å². The Morgan fingerprint density at radius 1 is 0.931 bits per heavy atom. The lowest BCUT2D eigenvalue weighted by Gasteiger charge is -2.64. The molecule has 3 nitrogen and oxygen atoms in total. The molecule has 0 amide bonds. The maximum absolute atomic E-state index is 11.7. The molecule has 11 atom stereocenters. The molecule has 0 spiro atoms. The first-order chi connectivity index (χ1) is 13.8. The van der Waals surface area contributed by atoms with Crippen LogP contribution in [-0.4, -0.2) is 34.1 Å². The molecule has 4 saturated carbocycles. The monoisotopic (exact) mass is 406 g/mol. The van der Waals surface area contributed by atoms with Crippen LogP contribution < -0.4 is 0 Å². The predicted octanol–water partition coefficient (Wildman–Crippen LogP) is 5.02. The van der Waals surface area contributed by atoms with E-state index in [0.29, 0.717) is 52.9 Å². The molecule has 0 aromatic carbocycles. The topological polar surface area (TPSA) is 60.7 Å². The molecule has 4 aliphatic rings.